The molecule has 2 amide bonds. The van der Waals surface area contributed by atoms with Gasteiger partial charge in [0, 0.05) is 17.3 Å². The molecule has 28 heavy (non-hydrogen) atoms. The summed E-state index contributed by atoms with van der Waals surface area (Å²) in [5.41, 5.74) is 7.54. The van der Waals surface area contributed by atoms with E-state index in [1.165, 1.54) is 12.0 Å². The predicted molar refractivity (Wildman–Crippen MR) is 109 cm³/mol. The van der Waals surface area contributed by atoms with Crippen LogP contribution in [0.15, 0.2) is 48.5 Å². The molecule has 1 saturated heterocycles. The minimum Gasteiger partial charge on any atom is -0.497 e. The number of benzene rings is 2. The summed E-state index contributed by atoms with van der Waals surface area (Å²) in [5.74, 6) is 0.290. The van der Waals surface area contributed by atoms with E-state index in [1.807, 2.05) is 12.1 Å². The van der Waals surface area contributed by atoms with Gasteiger partial charge in [0.25, 0.3) is 0 Å². The molecule has 0 saturated carbocycles. The first kappa shape index (κ1) is 19.9. The zero-order valence-electron chi connectivity index (χ0n) is 16.2. The normalized spacial score (nSPS) is 17.5. The second-order valence-corrected chi connectivity index (χ2v) is 7.10. The number of amides is 2. The quantitative estimate of drug-likeness (QED) is 0.804. The second kappa shape index (κ2) is 9.37. The van der Waals surface area contributed by atoms with Gasteiger partial charge in [0.15, 0.2) is 0 Å². The Morgan fingerprint density at radius 2 is 1.79 bits per heavy atom. The number of ether oxygens (including phenoxy) is 1. The molecule has 0 radical (unpaired) electrons. The maximum Gasteiger partial charge on any atom is 0.248 e. The van der Waals surface area contributed by atoms with E-state index in [2.05, 4.69) is 22.3 Å². The summed E-state index contributed by atoms with van der Waals surface area (Å²) in [6.07, 6.45) is 4.46. The van der Waals surface area contributed by atoms with Crippen LogP contribution in [0.3, 0.4) is 0 Å². The van der Waals surface area contributed by atoms with Gasteiger partial charge in [-0.05, 0) is 61.3 Å². The highest BCUT2D eigenvalue weighted by Crippen LogP contribution is 2.31. The number of hydrogen-bond donors (Lipinski definition) is 2. The Morgan fingerprint density at radius 3 is 2.43 bits per heavy atom. The topological polar surface area (TPSA) is 84.7 Å². The number of rotatable bonds is 6. The van der Waals surface area contributed by atoms with E-state index in [4.69, 9.17) is 10.5 Å². The fourth-order valence-electron chi connectivity index (χ4n) is 3.66. The van der Waals surface area contributed by atoms with Gasteiger partial charge in [0.05, 0.1) is 13.7 Å². The molecule has 6 heteroatoms. The molecule has 1 heterocycles. The maximum atomic E-state index is 12.6. The molecule has 3 rings (SSSR count). The molecule has 6 nitrogen and oxygen atoms in total. The van der Waals surface area contributed by atoms with Crippen molar-refractivity contribution in [1.82, 2.24) is 4.90 Å². The number of hydrogen-bond acceptors (Lipinski definition) is 4. The number of primary amides is 1. The van der Waals surface area contributed by atoms with Crippen molar-refractivity contribution in [3.05, 3.63) is 59.7 Å². The fourth-order valence-corrected chi connectivity index (χ4v) is 3.66. The Labute approximate surface area is 165 Å². The third-order valence-electron chi connectivity index (χ3n) is 5.16. The molecule has 0 spiro atoms. The van der Waals surface area contributed by atoms with E-state index in [-0.39, 0.29) is 11.9 Å². The van der Waals surface area contributed by atoms with E-state index < -0.39 is 5.91 Å². The van der Waals surface area contributed by atoms with Crippen molar-refractivity contribution in [2.75, 3.05) is 25.5 Å². The van der Waals surface area contributed by atoms with Gasteiger partial charge in [-0.2, -0.15) is 0 Å². The average Bonchev–Trinajstić information content (AvgIpc) is 2.94. The lowest BCUT2D eigenvalue weighted by Crippen LogP contribution is -2.36. The van der Waals surface area contributed by atoms with Crippen molar-refractivity contribution >= 4 is 17.5 Å². The van der Waals surface area contributed by atoms with Gasteiger partial charge in [-0.3, -0.25) is 14.5 Å². The molecule has 1 atom stereocenters. The van der Waals surface area contributed by atoms with Crippen molar-refractivity contribution < 1.29 is 14.3 Å². The van der Waals surface area contributed by atoms with E-state index >= 15 is 0 Å². The van der Waals surface area contributed by atoms with Gasteiger partial charge >= 0.3 is 0 Å². The number of nitrogens with two attached hydrogens (primary N) is 1. The number of likely N-dealkylation sites (tertiary alicyclic amines) is 1. The summed E-state index contributed by atoms with van der Waals surface area (Å²) >= 11 is 0. The van der Waals surface area contributed by atoms with Gasteiger partial charge in [-0.1, -0.05) is 25.0 Å². The Kier molecular flexibility index (Phi) is 6.66. The van der Waals surface area contributed by atoms with E-state index in [0.29, 0.717) is 17.8 Å². The number of methoxy groups -OCH3 is 1. The average molecular weight is 381 g/mol. The molecule has 0 aromatic heterocycles. The van der Waals surface area contributed by atoms with Crippen LogP contribution in [0.1, 0.15) is 47.6 Å². The lowest BCUT2D eigenvalue weighted by molar-refractivity contribution is -0.117. The summed E-state index contributed by atoms with van der Waals surface area (Å²) in [6.45, 7) is 1.22. The van der Waals surface area contributed by atoms with Gasteiger partial charge in [-0.25, -0.2) is 0 Å². The number of carbonyl (C=O) groups excluding carboxylic acids is 2. The molecule has 148 valence electrons. The molecule has 1 aliphatic rings. The first-order valence-corrected chi connectivity index (χ1v) is 9.64. The highest BCUT2D eigenvalue weighted by atomic mass is 16.5. The molecule has 1 fully saturated rings. The van der Waals surface area contributed by atoms with Crippen molar-refractivity contribution in [2.45, 2.75) is 31.7 Å². The van der Waals surface area contributed by atoms with Crippen LogP contribution < -0.4 is 15.8 Å². The third kappa shape index (κ3) is 5.10. The van der Waals surface area contributed by atoms with Crippen LogP contribution in [0.2, 0.25) is 0 Å². The van der Waals surface area contributed by atoms with E-state index in [1.54, 1.807) is 31.4 Å². The first-order chi connectivity index (χ1) is 13.6. The Balaban J connectivity index is 1.67. The van der Waals surface area contributed by atoms with Crippen LogP contribution in [-0.2, 0) is 4.79 Å². The van der Waals surface area contributed by atoms with Crippen LogP contribution >= 0.6 is 0 Å². The van der Waals surface area contributed by atoms with Gasteiger partial charge in [-0.15, -0.1) is 0 Å². The standard InChI is InChI=1S/C22H27N3O3/c1-28-19-12-8-16(9-13-19)20-5-3-2-4-14-25(20)15-21(26)24-18-10-6-17(7-11-18)22(23)27/h6-13,20H,2-5,14-15H2,1H3,(H2,23,27)(H,24,26). The maximum absolute atomic E-state index is 12.6. The van der Waals surface area contributed by atoms with Crippen molar-refractivity contribution in [3.8, 4) is 5.75 Å². The Bertz CT molecular complexity index is 803. The zero-order valence-corrected chi connectivity index (χ0v) is 16.2. The highest BCUT2D eigenvalue weighted by molar-refractivity contribution is 5.95. The van der Waals surface area contributed by atoms with Crippen LogP contribution in [0.4, 0.5) is 5.69 Å². The van der Waals surface area contributed by atoms with Crippen molar-refractivity contribution in [3.63, 3.8) is 0 Å². The van der Waals surface area contributed by atoms with Crippen LogP contribution in [-0.4, -0.2) is 36.9 Å². The minimum atomic E-state index is -0.482. The summed E-state index contributed by atoms with van der Waals surface area (Å²) < 4.78 is 5.26. The van der Waals surface area contributed by atoms with Gasteiger partial charge in [0.1, 0.15) is 5.75 Å². The molecule has 3 N–H and O–H groups in total. The second-order valence-electron chi connectivity index (χ2n) is 7.10. The molecular formula is C22H27N3O3. The molecular weight excluding hydrogens is 354 g/mol. The predicted octanol–water partition coefficient (Wildman–Crippen LogP) is 3.35. The number of nitrogens with one attached hydrogen (secondary N) is 1. The fraction of sp³-hybridized carbons (Fsp3) is 0.364. The number of nitrogens with zero attached hydrogens (tertiary/aromatic N) is 1. The summed E-state index contributed by atoms with van der Waals surface area (Å²) in [6, 6.07) is 15.0. The number of carbonyl (C=O) groups is 2. The monoisotopic (exact) mass is 381 g/mol. The lowest BCUT2D eigenvalue weighted by Gasteiger charge is -2.29. The van der Waals surface area contributed by atoms with Crippen LogP contribution in [0.25, 0.3) is 0 Å². The van der Waals surface area contributed by atoms with Gasteiger partial charge < -0.3 is 15.8 Å². The minimum absolute atomic E-state index is 0.0627. The van der Waals surface area contributed by atoms with Crippen LogP contribution in [0, 0.1) is 0 Å². The molecule has 2 aromatic rings. The van der Waals surface area contributed by atoms with E-state index in [9.17, 15) is 9.59 Å². The first-order valence-electron chi connectivity index (χ1n) is 9.64. The molecule has 2 aromatic carbocycles. The summed E-state index contributed by atoms with van der Waals surface area (Å²) in [7, 11) is 1.66. The Hall–Kier alpha value is -2.86. The zero-order chi connectivity index (χ0) is 19.9. The Morgan fingerprint density at radius 1 is 1.07 bits per heavy atom. The molecule has 1 aliphatic heterocycles. The number of anilines is 1. The smallest absolute Gasteiger partial charge is 0.248 e. The van der Waals surface area contributed by atoms with Gasteiger partial charge in [0.2, 0.25) is 11.8 Å². The third-order valence-corrected chi connectivity index (χ3v) is 5.16. The molecule has 0 aliphatic carbocycles. The summed E-state index contributed by atoms with van der Waals surface area (Å²) in [5, 5.41) is 2.91. The van der Waals surface area contributed by atoms with Crippen molar-refractivity contribution in [2.24, 2.45) is 5.73 Å². The molecule has 0 bridgehead atoms. The van der Waals surface area contributed by atoms with Crippen molar-refractivity contribution in [1.29, 1.82) is 0 Å². The largest absolute Gasteiger partial charge is 0.497 e. The lowest BCUT2D eigenvalue weighted by atomic mass is 10.0. The van der Waals surface area contributed by atoms with E-state index in [0.717, 1.165) is 31.6 Å². The molecule has 1 unspecified atom stereocenters. The SMILES string of the molecule is COc1ccc(C2CCCCCN2CC(=O)Nc2ccc(C(N)=O)cc2)cc1. The van der Waals surface area contributed by atoms with Crippen LogP contribution in [0.5, 0.6) is 5.75 Å². The summed E-state index contributed by atoms with van der Waals surface area (Å²) in [4.78, 5) is 26.0. The highest BCUT2D eigenvalue weighted by Gasteiger charge is 2.24.